The Balaban J connectivity index is 2.48. The lowest BCUT2D eigenvalue weighted by Crippen LogP contribution is -2.45. The summed E-state index contributed by atoms with van der Waals surface area (Å²) < 4.78 is 0. The number of nitrogens with zero attached hydrogens (tertiary/aromatic N) is 1. The highest BCUT2D eigenvalue weighted by Gasteiger charge is 2.28. The number of nitrogens with one attached hydrogen (secondary N) is 1. The number of thioether (sulfide) groups is 1. The summed E-state index contributed by atoms with van der Waals surface area (Å²) in [5, 5.41) is 5.58. The minimum atomic E-state index is 0.271. The van der Waals surface area contributed by atoms with Crippen molar-refractivity contribution in [1.29, 1.82) is 0 Å². The van der Waals surface area contributed by atoms with E-state index < -0.39 is 0 Å². The van der Waals surface area contributed by atoms with Crippen molar-refractivity contribution in [3.63, 3.8) is 0 Å². The summed E-state index contributed by atoms with van der Waals surface area (Å²) in [6.07, 6.45) is 6.09. The van der Waals surface area contributed by atoms with Crippen LogP contribution in [0.3, 0.4) is 0 Å². The van der Waals surface area contributed by atoms with Crippen LogP contribution in [0.1, 0.15) is 59.8 Å². The quantitative estimate of drug-likeness (QED) is 0.766. The highest BCUT2D eigenvalue weighted by Crippen LogP contribution is 2.27. The minimum Gasteiger partial charge on any atom is -0.360 e. The third kappa shape index (κ3) is 3.41. The maximum Gasteiger partial charge on any atom is 0.157 e. The van der Waals surface area contributed by atoms with E-state index in [0.29, 0.717) is 0 Å². The molecule has 1 rings (SSSR count). The molecule has 1 unspecified atom stereocenters. The highest BCUT2D eigenvalue weighted by atomic mass is 32.2. The molecule has 0 fully saturated rings. The maximum atomic E-state index is 4.63. The van der Waals surface area contributed by atoms with E-state index in [1.54, 1.807) is 0 Å². The molecular formula is C13H26N2S. The van der Waals surface area contributed by atoms with Crippen molar-refractivity contribution < 1.29 is 0 Å². The lowest BCUT2D eigenvalue weighted by atomic mass is 9.90. The largest absolute Gasteiger partial charge is 0.360 e. The van der Waals surface area contributed by atoms with Crippen molar-refractivity contribution in [2.45, 2.75) is 70.6 Å². The Labute approximate surface area is 105 Å². The summed E-state index contributed by atoms with van der Waals surface area (Å²) in [5.74, 6) is 0. The standard InChI is InChI=1S/C13H26N2S/c1-5-9-11-10-14-12(16-11)15-13(6-2,7-3)8-4/h11H,5-10H2,1-4H3,(H,14,15). The second-order valence-corrected chi connectivity index (χ2v) is 5.93. The van der Waals surface area contributed by atoms with E-state index in [2.05, 4.69) is 38.0 Å². The van der Waals surface area contributed by atoms with Crippen LogP contribution < -0.4 is 5.32 Å². The van der Waals surface area contributed by atoms with Gasteiger partial charge in [-0.1, -0.05) is 45.9 Å². The third-order valence-electron chi connectivity index (χ3n) is 3.73. The van der Waals surface area contributed by atoms with E-state index in [1.165, 1.54) is 37.3 Å². The van der Waals surface area contributed by atoms with Crippen LogP contribution in [0.5, 0.6) is 0 Å². The molecule has 1 atom stereocenters. The molecule has 1 N–H and O–H groups in total. The Kier molecular flexibility index (Phi) is 5.67. The van der Waals surface area contributed by atoms with Gasteiger partial charge in [0.1, 0.15) is 0 Å². The second-order valence-electron chi connectivity index (χ2n) is 4.64. The van der Waals surface area contributed by atoms with Crippen LogP contribution in [-0.4, -0.2) is 22.5 Å². The Morgan fingerprint density at radius 1 is 1.25 bits per heavy atom. The molecule has 1 aliphatic heterocycles. The average Bonchev–Trinajstić information content (AvgIpc) is 2.74. The number of rotatable bonds is 6. The predicted molar refractivity (Wildman–Crippen MR) is 75.3 cm³/mol. The molecule has 0 aromatic rings. The first kappa shape index (κ1) is 13.9. The van der Waals surface area contributed by atoms with E-state index in [-0.39, 0.29) is 5.54 Å². The lowest BCUT2D eigenvalue weighted by molar-refractivity contribution is 0.342. The van der Waals surface area contributed by atoms with Crippen molar-refractivity contribution in [3.8, 4) is 0 Å². The monoisotopic (exact) mass is 242 g/mol. The van der Waals surface area contributed by atoms with Gasteiger partial charge in [0.05, 0.1) is 6.54 Å². The molecule has 2 nitrogen and oxygen atoms in total. The molecular weight excluding hydrogens is 216 g/mol. The summed E-state index contributed by atoms with van der Waals surface area (Å²) in [6.45, 7) is 10.1. The van der Waals surface area contributed by atoms with Crippen LogP contribution in [0.15, 0.2) is 4.99 Å². The van der Waals surface area contributed by atoms with Gasteiger partial charge in [0, 0.05) is 10.8 Å². The summed E-state index contributed by atoms with van der Waals surface area (Å²) >= 11 is 1.95. The van der Waals surface area contributed by atoms with E-state index >= 15 is 0 Å². The first-order valence-electron chi connectivity index (χ1n) is 6.69. The van der Waals surface area contributed by atoms with Gasteiger partial charge in [-0.05, 0) is 25.7 Å². The number of hydrogen-bond acceptors (Lipinski definition) is 3. The van der Waals surface area contributed by atoms with Gasteiger partial charge in [-0.25, -0.2) is 0 Å². The zero-order chi connectivity index (χ0) is 12.0. The molecule has 1 aliphatic rings. The summed E-state index contributed by atoms with van der Waals surface area (Å²) in [4.78, 5) is 4.63. The van der Waals surface area contributed by atoms with Gasteiger partial charge in [-0.15, -0.1) is 0 Å². The molecule has 0 saturated heterocycles. The molecule has 0 amide bonds. The molecule has 94 valence electrons. The van der Waals surface area contributed by atoms with E-state index in [1.807, 2.05) is 11.8 Å². The highest BCUT2D eigenvalue weighted by molar-refractivity contribution is 8.14. The maximum absolute atomic E-state index is 4.63. The smallest absolute Gasteiger partial charge is 0.157 e. The van der Waals surface area contributed by atoms with Crippen LogP contribution in [0.2, 0.25) is 0 Å². The van der Waals surface area contributed by atoms with Crippen molar-refractivity contribution in [1.82, 2.24) is 5.32 Å². The van der Waals surface area contributed by atoms with Gasteiger partial charge in [0.25, 0.3) is 0 Å². The third-order valence-corrected chi connectivity index (χ3v) is 4.90. The Hall–Kier alpha value is -0.180. The zero-order valence-electron chi connectivity index (χ0n) is 11.2. The second kappa shape index (κ2) is 6.53. The molecule has 0 bridgehead atoms. The van der Waals surface area contributed by atoms with Gasteiger partial charge in [0.2, 0.25) is 0 Å². The average molecular weight is 242 g/mol. The molecule has 0 aliphatic carbocycles. The molecule has 1 heterocycles. The van der Waals surface area contributed by atoms with Gasteiger partial charge < -0.3 is 5.32 Å². The summed E-state index contributed by atoms with van der Waals surface area (Å²) in [5.41, 5.74) is 0.271. The topological polar surface area (TPSA) is 24.4 Å². The van der Waals surface area contributed by atoms with Gasteiger partial charge >= 0.3 is 0 Å². The normalized spacial score (nSPS) is 21.0. The summed E-state index contributed by atoms with van der Waals surface area (Å²) in [6, 6.07) is 0. The summed E-state index contributed by atoms with van der Waals surface area (Å²) in [7, 11) is 0. The van der Waals surface area contributed by atoms with Crippen LogP contribution in [0.4, 0.5) is 0 Å². The number of hydrogen-bond donors (Lipinski definition) is 1. The van der Waals surface area contributed by atoms with Crippen molar-refractivity contribution >= 4 is 16.9 Å². The number of aliphatic imine (C=N–C) groups is 1. The predicted octanol–water partition coefficient (Wildman–Crippen LogP) is 3.82. The zero-order valence-corrected chi connectivity index (χ0v) is 12.0. The van der Waals surface area contributed by atoms with E-state index in [4.69, 9.17) is 0 Å². The molecule has 0 radical (unpaired) electrons. The van der Waals surface area contributed by atoms with Gasteiger partial charge in [-0.3, -0.25) is 4.99 Å². The van der Waals surface area contributed by atoms with E-state index in [0.717, 1.165) is 11.8 Å². The van der Waals surface area contributed by atoms with Crippen LogP contribution in [0.25, 0.3) is 0 Å². The molecule has 16 heavy (non-hydrogen) atoms. The Bertz CT molecular complexity index is 226. The van der Waals surface area contributed by atoms with Crippen LogP contribution >= 0.6 is 11.8 Å². The number of amidine groups is 1. The van der Waals surface area contributed by atoms with Crippen molar-refractivity contribution in [3.05, 3.63) is 0 Å². The Morgan fingerprint density at radius 3 is 2.38 bits per heavy atom. The fraction of sp³-hybridized carbons (Fsp3) is 0.923. The van der Waals surface area contributed by atoms with Crippen molar-refractivity contribution in [2.24, 2.45) is 4.99 Å². The first-order chi connectivity index (χ1) is 7.69. The van der Waals surface area contributed by atoms with Crippen LogP contribution in [-0.2, 0) is 0 Å². The molecule has 0 spiro atoms. The molecule has 0 aromatic heterocycles. The van der Waals surface area contributed by atoms with Gasteiger partial charge in [0.15, 0.2) is 5.17 Å². The fourth-order valence-electron chi connectivity index (χ4n) is 2.20. The SMILES string of the molecule is CCCC1CN=C(NC(CC)(CC)CC)S1. The lowest BCUT2D eigenvalue weighted by Gasteiger charge is -2.32. The van der Waals surface area contributed by atoms with Gasteiger partial charge in [-0.2, -0.15) is 0 Å². The molecule has 3 heteroatoms. The molecule has 0 aromatic carbocycles. The minimum absolute atomic E-state index is 0.271. The van der Waals surface area contributed by atoms with E-state index in [9.17, 15) is 0 Å². The van der Waals surface area contributed by atoms with Crippen molar-refractivity contribution in [2.75, 3.05) is 6.54 Å². The molecule has 0 saturated carbocycles. The first-order valence-corrected chi connectivity index (χ1v) is 7.56. The fourth-order valence-corrected chi connectivity index (χ4v) is 3.44. The van der Waals surface area contributed by atoms with Crippen LogP contribution in [0, 0.1) is 0 Å². The Morgan fingerprint density at radius 2 is 1.88 bits per heavy atom.